The second-order valence-corrected chi connectivity index (χ2v) is 8.39. The van der Waals surface area contributed by atoms with Crippen LogP contribution in [-0.4, -0.2) is 36.0 Å². The maximum Gasteiger partial charge on any atom is 0.300 e. The molecular formula is C25H20Cl2N2O5. The van der Waals surface area contributed by atoms with Crippen LogP contribution in [0.25, 0.3) is 5.76 Å². The molecular weight excluding hydrogens is 479 g/mol. The molecule has 0 radical (unpaired) electrons. The van der Waals surface area contributed by atoms with Crippen LogP contribution in [0, 0.1) is 6.92 Å². The summed E-state index contributed by atoms with van der Waals surface area (Å²) in [5.41, 5.74) is 1.57. The van der Waals surface area contributed by atoms with Crippen LogP contribution in [0.5, 0.6) is 11.5 Å². The highest BCUT2D eigenvalue weighted by Gasteiger charge is 2.48. The van der Waals surface area contributed by atoms with E-state index in [4.69, 9.17) is 32.7 Å². The average molecular weight is 499 g/mol. The van der Waals surface area contributed by atoms with E-state index in [1.807, 2.05) is 0 Å². The molecule has 0 saturated carbocycles. The van der Waals surface area contributed by atoms with Gasteiger partial charge >= 0.3 is 0 Å². The third-order valence-electron chi connectivity index (χ3n) is 5.56. The number of carbonyl (C=O) groups excluding carboxylic acids is 2. The van der Waals surface area contributed by atoms with Gasteiger partial charge in [0.25, 0.3) is 11.7 Å². The van der Waals surface area contributed by atoms with Crippen molar-refractivity contribution in [2.75, 3.05) is 19.1 Å². The number of amides is 1. The van der Waals surface area contributed by atoms with E-state index < -0.39 is 23.5 Å². The van der Waals surface area contributed by atoms with E-state index in [1.54, 1.807) is 49.5 Å². The number of ether oxygens (including phenoxy) is 2. The van der Waals surface area contributed by atoms with Gasteiger partial charge in [0.15, 0.2) is 0 Å². The van der Waals surface area contributed by atoms with E-state index in [-0.39, 0.29) is 27.7 Å². The number of rotatable bonds is 5. The average Bonchev–Trinajstić information content (AvgIpc) is 3.09. The molecule has 0 spiro atoms. The molecule has 1 unspecified atom stereocenters. The Balaban J connectivity index is 2.01. The summed E-state index contributed by atoms with van der Waals surface area (Å²) in [6, 6.07) is 12.0. The summed E-state index contributed by atoms with van der Waals surface area (Å²) in [4.78, 5) is 32.3. The number of benzene rings is 2. The van der Waals surface area contributed by atoms with Crippen LogP contribution in [-0.2, 0) is 9.59 Å². The van der Waals surface area contributed by atoms with Crippen LogP contribution in [0.15, 0.2) is 60.3 Å². The number of hydrogen-bond donors (Lipinski definition) is 1. The Morgan fingerprint density at radius 1 is 1.03 bits per heavy atom. The monoisotopic (exact) mass is 498 g/mol. The van der Waals surface area contributed by atoms with E-state index >= 15 is 0 Å². The fourth-order valence-corrected chi connectivity index (χ4v) is 4.44. The van der Waals surface area contributed by atoms with E-state index in [0.29, 0.717) is 22.0 Å². The van der Waals surface area contributed by atoms with E-state index in [0.717, 1.165) is 0 Å². The highest BCUT2D eigenvalue weighted by molar-refractivity contribution is 6.52. The van der Waals surface area contributed by atoms with Crippen LogP contribution < -0.4 is 14.4 Å². The highest BCUT2D eigenvalue weighted by Crippen LogP contribution is 2.45. The lowest BCUT2D eigenvalue weighted by Gasteiger charge is -2.26. The van der Waals surface area contributed by atoms with Crippen LogP contribution in [0.2, 0.25) is 10.0 Å². The number of ketones is 1. The summed E-state index contributed by atoms with van der Waals surface area (Å²) in [5.74, 6) is -1.63. The van der Waals surface area contributed by atoms with Gasteiger partial charge in [-0.2, -0.15) is 0 Å². The molecule has 0 aliphatic carbocycles. The number of aliphatic hydroxyl groups excluding tert-OH is 1. The van der Waals surface area contributed by atoms with Crippen LogP contribution in [0.3, 0.4) is 0 Å². The summed E-state index contributed by atoms with van der Waals surface area (Å²) in [6.45, 7) is 1.78. The molecule has 1 atom stereocenters. The minimum Gasteiger partial charge on any atom is -0.507 e. The zero-order valence-corrected chi connectivity index (χ0v) is 20.0. The second kappa shape index (κ2) is 9.37. The van der Waals surface area contributed by atoms with Crippen molar-refractivity contribution in [2.24, 2.45) is 0 Å². The molecule has 1 saturated heterocycles. The minimum absolute atomic E-state index is 0.138. The molecule has 1 fully saturated rings. The maximum absolute atomic E-state index is 13.3. The van der Waals surface area contributed by atoms with Crippen LogP contribution in [0.4, 0.5) is 5.69 Å². The summed E-state index contributed by atoms with van der Waals surface area (Å²) in [6.07, 6.45) is 1.55. The number of carbonyl (C=O) groups is 2. The largest absolute Gasteiger partial charge is 0.507 e. The predicted octanol–water partition coefficient (Wildman–Crippen LogP) is 5.34. The van der Waals surface area contributed by atoms with E-state index in [1.165, 1.54) is 31.3 Å². The minimum atomic E-state index is -0.993. The van der Waals surface area contributed by atoms with Gasteiger partial charge in [-0.25, -0.2) is 0 Å². The molecule has 2 heterocycles. The SMILES string of the molecule is COc1cc(/C(O)=C2\C(=O)C(=O)N(c3ccc(Cl)cc3C)C2c2ccccn2)c(OC)cc1Cl. The van der Waals surface area contributed by atoms with Crippen molar-refractivity contribution < 1.29 is 24.2 Å². The lowest BCUT2D eigenvalue weighted by atomic mass is 9.97. The van der Waals surface area contributed by atoms with Gasteiger partial charge in [0.05, 0.1) is 36.1 Å². The Labute approximate surface area is 206 Å². The Bertz CT molecular complexity index is 1320. The molecule has 1 amide bonds. The first-order chi connectivity index (χ1) is 16.3. The van der Waals surface area contributed by atoms with Gasteiger partial charge in [-0.15, -0.1) is 0 Å². The van der Waals surface area contributed by atoms with Gasteiger partial charge in [0.2, 0.25) is 0 Å². The Morgan fingerprint density at radius 3 is 2.38 bits per heavy atom. The number of aryl methyl sites for hydroxylation is 1. The zero-order valence-electron chi connectivity index (χ0n) is 18.5. The van der Waals surface area contributed by atoms with Gasteiger partial charge < -0.3 is 14.6 Å². The molecule has 0 bridgehead atoms. The number of Topliss-reactive ketones (excluding diaryl/α,β-unsaturated/α-hetero) is 1. The molecule has 3 aromatic rings. The molecule has 1 aromatic heterocycles. The van der Waals surface area contributed by atoms with E-state index in [2.05, 4.69) is 4.98 Å². The van der Waals surface area contributed by atoms with Crippen molar-refractivity contribution in [3.05, 3.63) is 87.2 Å². The third-order valence-corrected chi connectivity index (χ3v) is 6.09. The van der Waals surface area contributed by atoms with Crippen molar-refractivity contribution in [1.82, 2.24) is 4.98 Å². The molecule has 1 N–H and O–H groups in total. The normalized spacial score (nSPS) is 17.2. The summed E-state index contributed by atoms with van der Waals surface area (Å²) in [5, 5.41) is 12.1. The molecule has 1 aliphatic rings. The zero-order chi connectivity index (χ0) is 24.6. The fourth-order valence-electron chi connectivity index (χ4n) is 3.98. The maximum atomic E-state index is 13.3. The standard InChI is InChI=1S/C25H20Cl2N2O5/c1-13-10-14(26)7-8-18(13)29-22(17-6-4-5-9-28-17)21(24(31)25(29)32)23(30)15-11-20(34-3)16(27)12-19(15)33-2/h4-12,22,30H,1-3H3/b23-21+. The van der Waals surface area contributed by atoms with Gasteiger partial charge in [0.1, 0.15) is 23.3 Å². The lowest BCUT2D eigenvalue weighted by Crippen LogP contribution is -2.30. The molecule has 34 heavy (non-hydrogen) atoms. The van der Waals surface area contributed by atoms with Crippen molar-refractivity contribution in [1.29, 1.82) is 0 Å². The van der Waals surface area contributed by atoms with Crippen molar-refractivity contribution in [3.63, 3.8) is 0 Å². The van der Waals surface area contributed by atoms with Crippen LogP contribution >= 0.6 is 23.2 Å². The van der Waals surface area contributed by atoms with Gasteiger partial charge in [-0.1, -0.05) is 29.3 Å². The topological polar surface area (TPSA) is 89.0 Å². The molecule has 4 rings (SSSR count). The third kappa shape index (κ3) is 3.97. The molecule has 9 heteroatoms. The summed E-state index contributed by atoms with van der Waals surface area (Å²) >= 11 is 12.3. The lowest BCUT2D eigenvalue weighted by molar-refractivity contribution is -0.132. The number of aromatic nitrogens is 1. The number of pyridine rings is 1. The summed E-state index contributed by atoms with van der Waals surface area (Å²) < 4.78 is 10.6. The smallest absolute Gasteiger partial charge is 0.300 e. The predicted molar refractivity (Wildman–Crippen MR) is 130 cm³/mol. The highest BCUT2D eigenvalue weighted by atomic mass is 35.5. The Kier molecular flexibility index (Phi) is 6.50. The number of anilines is 1. The molecule has 7 nitrogen and oxygen atoms in total. The first kappa shape index (κ1) is 23.6. The van der Waals surface area contributed by atoms with Gasteiger partial charge in [0, 0.05) is 23.0 Å². The Hall–Kier alpha value is -3.55. The Morgan fingerprint density at radius 2 is 1.76 bits per heavy atom. The van der Waals surface area contributed by atoms with Crippen LogP contribution in [0.1, 0.15) is 22.9 Å². The van der Waals surface area contributed by atoms with E-state index in [9.17, 15) is 14.7 Å². The molecule has 174 valence electrons. The molecule has 2 aromatic carbocycles. The number of halogens is 2. The number of methoxy groups -OCH3 is 2. The first-order valence-electron chi connectivity index (χ1n) is 10.2. The molecule has 1 aliphatic heterocycles. The second-order valence-electron chi connectivity index (χ2n) is 7.54. The van der Waals surface area contributed by atoms with Crippen molar-refractivity contribution >= 4 is 46.3 Å². The number of hydrogen-bond acceptors (Lipinski definition) is 6. The summed E-state index contributed by atoms with van der Waals surface area (Å²) in [7, 11) is 2.83. The van der Waals surface area contributed by atoms with Crippen molar-refractivity contribution in [2.45, 2.75) is 13.0 Å². The van der Waals surface area contributed by atoms with Gasteiger partial charge in [-0.05, 0) is 48.9 Å². The van der Waals surface area contributed by atoms with Crippen molar-refractivity contribution in [3.8, 4) is 11.5 Å². The number of aliphatic hydroxyl groups is 1. The quantitative estimate of drug-likeness (QED) is 0.290. The first-order valence-corrected chi connectivity index (χ1v) is 10.9. The fraction of sp³-hybridized carbons (Fsp3) is 0.160. The van der Waals surface area contributed by atoms with Gasteiger partial charge in [-0.3, -0.25) is 19.5 Å². The number of nitrogens with zero attached hydrogens (tertiary/aromatic N) is 2.